The van der Waals surface area contributed by atoms with E-state index in [0.29, 0.717) is 33.7 Å². The van der Waals surface area contributed by atoms with E-state index in [-0.39, 0.29) is 0 Å². The predicted molar refractivity (Wildman–Crippen MR) is 103 cm³/mol. The molecule has 8 heteroatoms. The fraction of sp³-hybridized carbons (Fsp3) is 0.167. The summed E-state index contributed by atoms with van der Waals surface area (Å²) in [6.45, 7) is 4.07. The Kier molecular flexibility index (Phi) is 7.00. The zero-order valence-electron chi connectivity index (χ0n) is 14.2. The molecule has 0 saturated carbocycles. The third kappa shape index (κ3) is 5.21. The van der Waals surface area contributed by atoms with Gasteiger partial charge >= 0.3 is 11.8 Å². The van der Waals surface area contributed by atoms with E-state index < -0.39 is 11.8 Å². The van der Waals surface area contributed by atoms with Gasteiger partial charge < -0.3 is 10.1 Å². The van der Waals surface area contributed by atoms with E-state index in [1.807, 2.05) is 26.0 Å². The summed E-state index contributed by atoms with van der Waals surface area (Å²) in [6.07, 6.45) is 1.33. The van der Waals surface area contributed by atoms with Gasteiger partial charge in [0.1, 0.15) is 0 Å². The van der Waals surface area contributed by atoms with Crippen LogP contribution in [-0.4, -0.2) is 24.6 Å². The van der Waals surface area contributed by atoms with E-state index in [2.05, 4.69) is 15.8 Å². The van der Waals surface area contributed by atoms with Gasteiger partial charge in [0, 0.05) is 5.69 Å². The van der Waals surface area contributed by atoms with Gasteiger partial charge in [-0.2, -0.15) is 5.10 Å². The number of anilines is 1. The number of hydrazone groups is 1. The lowest BCUT2D eigenvalue weighted by Gasteiger charge is -2.08. The number of benzene rings is 2. The number of nitrogens with zero attached hydrogens (tertiary/aromatic N) is 1. The summed E-state index contributed by atoms with van der Waals surface area (Å²) in [7, 11) is 0. The van der Waals surface area contributed by atoms with Gasteiger partial charge in [-0.25, -0.2) is 5.43 Å². The number of carbonyl (C=O) groups excluding carboxylic acids is 2. The highest BCUT2D eigenvalue weighted by atomic mass is 35.5. The summed E-state index contributed by atoms with van der Waals surface area (Å²) in [6, 6.07) is 10.3. The Balaban J connectivity index is 1.98. The van der Waals surface area contributed by atoms with Gasteiger partial charge in [0.2, 0.25) is 0 Å². The zero-order valence-corrected chi connectivity index (χ0v) is 15.7. The molecule has 0 aromatic heterocycles. The molecule has 0 heterocycles. The summed E-state index contributed by atoms with van der Waals surface area (Å²) < 4.78 is 5.33. The minimum atomic E-state index is -0.896. The van der Waals surface area contributed by atoms with Crippen molar-refractivity contribution in [3.63, 3.8) is 0 Å². The number of aryl methyl sites for hydroxylation is 1. The Morgan fingerprint density at radius 1 is 1.15 bits per heavy atom. The Morgan fingerprint density at radius 3 is 2.42 bits per heavy atom. The fourth-order valence-electron chi connectivity index (χ4n) is 2.04. The third-order valence-electron chi connectivity index (χ3n) is 3.29. The molecule has 6 nitrogen and oxygen atoms in total. The van der Waals surface area contributed by atoms with Crippen LogP contribution in [0.1, 0.15) is 18.1 Å². The Hall–Kier alpha value is -2.57. The number of halogens is 2. The van der Waals surface area contributed by atoms with Crippen molar-refractivity contribution in [1.82, 2.24) is 5.43 Å². The number of hydrogen-bond donors (Lipinski definition) is 2. The first kappa shape index (κ1) is 19.8. The van der Waals surface area contributed by atoms with E-state index >= 15 is 0 Å². The number of hydrogen-bond acceptors (Lipinski definition) is 4. The SMILES string of the molecule is CCOc1c(Cl)cc(/C=N\NC(=O)C(=O)Nc2ccccc2C)cc1Cl. The fourth-order valence-corrected chi connectivity index (χ4v) is 2.66. The standard InChI is InChI=1S/C18H17Cl2N3O3/c1-3-26-16-13(19)8-12(9-14(16)20)10-21-23-18(25)17(24)22-15-7-5-4-6-11(15)2/h4-10H,3H2,1-2H3,(H,22,24)(H,23,25)/b21-10-. The van der Waals surface area contributed by atoms with Crippen molar-refractivity contribution in [3.05, 3.63) is 57.6 Å². The topological polar surface area (TPSA) is 79.8 Å². The van der Waals surface area contributed by atoms with E-state index in [1.165, 1.54) is 6.21 Å². The highest BCUT2D eigenvalue weighted by Gasteiger charge is 2.14. The average molecular weight is 394 g/mol. The van der Waals surface area contributed by atoms with Crippen molar-refractivity contribution >= 4 is 46.9 Å². The van der Waals surface area contributed by atoms with E-state index in [9.17, 15) is 9.59 Å². The van der Waals surface area contributed by atoms with Gasteiger partial charge in [-0.05, 0) is 43.2 Å². The van der Waals surface area contributed by atoms with Gasteiger partial charge in [0.25, 0.3) is 0 Å². The molecule has 26 heavy (non-hydrogen) atoms. The molecule has 0 aliphatic carbocycles. The number of nitrogens with one attached hydrogen (secondary N) is 2. The number of rotatable bonds is 5. The molecule has 0 aliphatic rings. The van der Waals surface area contributed by atoms with Crippen molar-refractivity contribution in [2.75, 3.05) is 11.9 Å². The van der Waals surface area contributed by atoms with Crippen molar-refractivity contribution in [3.8, 4) is 5.75 Å². The van der Waals surface area contributed by atoms with Crippen LogP contribution >= 0.6 is 23.2 Å². The molecular weight excluding hydrogens is 377 g/mol. The molecule has 2 N–H and O–H groups in total. The quantitative estimate of drug-likeness (QED) is 0.460. The maximum Gasteiger partial charge on any atom is 0.329 e. The Bertz CT molecular complexity index is 830. The largest absolute Gasteiger partial charge is 0.491 e. The van der Waals surface area contributed by atoms with Crippen LogP contribution in [0, 0.1) is 6.92 Å². The maximum atomic E-state index is 11.9. The number of para-hydroxylation sites is 1. The highest BCUT2D eigenvalue weighted by Crippen LogP contribution is 2.33. The summed E-state index contributed by atoms with van der Waals surface area (Å²) in [5.41, 5.74) is 4.10. The van der Waals surface area contributed by atoms with Gasteiger partial charge in [-0.1, -0.05) is 41.4 Å². The molecule has 0 unspecified atom stereocenters. The normalized spacial score (nSPS) is 10.6. The lowest BCUT2D eigenvalue weighted by atomic mass is 10.2. The molecule has 2 aromatic carbocycles. The lowest BCUT2D eigenvalue weighted by molar-refractivity contribution is -0.136. The van der Waals surface area contributed by atoms with Crippen LogP contribution in [0.25, 0.3) is 0 Å². The summed E-state index contributed by atoms with van der Waals surface area (Å²) >= 11 is 12.2. The molecule has 0 aliphatic heterocycles. The second-order valence-corrected chi connectivity index (χ2v) is 6.03. The van der Waals surface area contributed by atoms with E-state index in [0.717, 1.165) is 5.56 Å². The summed E-state index contributed by atoms with van der Waals surface area (Å²) in [5.74, 6) is -1.33. The molecule has 136 valence electrons. The van der Waals surface area contributed by atoms with Crippen molar-refractivity contribution < 1.29 is 14.3 Å². The lowest BCUT2D eigenvalue weighted by Crippen LogP contribution is -2.32. The van der Waals surface area contributed by atoms with Crippen LogP contribution in [-0.2, 0) is 9.59 Å². The predicted octanol–water partition coefficient (Wildman–Crippen LogP) is 3.79. The monoisotopic (exact) mass is 393 g/mol. The van der Waals surface area contributed by atoms with Gasteiger partial charge in [-0.15, -0.1) is 0 Å². The zero-order chi connectivity index (χ0) is 19.1. The first-order chi connectivity index (χ1) is 12.4. The van der Waals surface area contributed by atoms with Crippen LogP contribution in [0.5, 0.6) is 5.75 Å². The molecule has 0 bridgehead atoms. The Morgan fingerprint density at radius 2 is 1.81 bits per heavy atom. The highest BCUT2D eigenvalue weighted by molar-refractivity contribution is 6.39. The molecule has 2 rings (SSSR count). The number of ether oxygens (including phenoxy) is 1. The summed E-state index contributed by atoms with van der Waals surface area (Å²) in [4.78, 5) is 23.7. The second-order valence-electron chi connectivity index (χ2n) is 5.21. The van der Waals surface area contributed by atoms with Crippen LogP contribution in [0.4, 0.5) is 5.69 Å². The number of amides is 2. The Labute approximate surface area is 161 Å². The molecule has 0 fully saturated rings. The van der Waals surface area contributed by atoms with Crippen LogP contribution in [0.15, 0.2) is 41.5 Å². The van der Waals surface area contributed by atoms with Crippen molar-refractivity contribution in [1.29, 1.82) is 0 Å². The van der Waals surface area contributed by atoms with E-state index in [1.54, 1.807) is 24.3 Å². The van der Waals surface area contributed by atoms with Gasteiger partial charge in [0.15, 0.2) is 5.75 Å². The minimum absolute atomic E-state index is 0.324. The van der Waals surface area contributed by atoms with Gasteiger partial charge in [0.05, 0.1) is 22.9 Å². The molecule has 0 saturated heterocycles. The van der Waals surface area contributed by atoms with Crippen molar-refractivity contribution in [2.24, 2.45) is 5.10 Å². The maximum absolute atomic E-state index is 11.9. The smallest absolute Gasteiger partial charge is 0.329 e. The first-order valence-corrected chi connectivity index (χ1v) is 8.49. The number of carbonyl (C=O) groups is 2. The molecule has 2 aromatic rings. The van der Waals surface area contributed by atoms with Crippen molar-refractivity contribution in [2.45, 2.75) is 13.8 Å². The molecular formula is C18H17Cl2N3O3. The van der Waals surface area contributed by atoms with Gasteiger partial charge in [-0.3, -0.25) is 9.59 Å². The molecule has 0 atom stereocenters. The summed E-state index contributed by atoms with van der Waals surface area (Å²) in [5, 5.41) is 6.90. The molecule has 2 amide bonds. The molecule has 0 spiro atoms. The molecule has 0 radical (unpaired) electrons. The van der Waals surface area contributed by atoms with E-state index in [4.69, 9.17) is 27.9 Å². The average Bonchev–Trinajstić information content (AvgIpc) is 2.60. The van der Waals surface area contributed by atoms with Crippen LogP contribution in [0.2, 0.25) is 10.0 Å². The second kappa shape index (κ2) is 9.22. The first-order valence-electron chi connectivity index (χ1n) is 7.74. The van der Waals surface area contributed by atoms with Crippen LogP contribution < -0.4 is 15.5 Å². The third-order valence-corrected chi connectivity index (χ3v) is 3.85. The minimum Gasteiger partial charge on any atom is -0.491 e. The van der Waals surface area contributed by atoms with Crippen LogP contribution in [0.3, 0.4) is 0 Å².